The Kier molecular flexibility index (Phi) is 4.60. The van der Waals surface area contributed by atoms with E-state index in [1.807, 2.05) is 18.2 Å². The molecular weight excluding hydrogens is 335 g/mol. The molecule has 0 spiro atoms. The van der Waals surface area contributed by atoms with Crippen LogP contribution in [0.5, 0.6) is 0 Å². The lowest BCUT2D eigenvalue weighted by molar-refractivity contribution is 0.724. The van der Waals surface area contributed by atoms with Gasteiger partial charge in [0.15, 0.2) is 0 Å². The molecule has 0 atom stereocenters. The van der Waals surface area contributed by atoms with Crippen molar-refractivity contribution < 1.29 is 0 Å². The van der Waals surface area contributed by atoms with Crippen molar-refractivity contribution in [2.75, 3.05) is 5.32 Å². The average Bonchev–Trinajstić information content (AvgIpc) is 2.82. The van der Waals surface area contributed by atoms with Gasteiger partial charge >= 0.3 is 0 Å². The third-order valence-electron chi connectivity index (χ3n) is 2.76. The van der Waals surface area contributed by atoms with Crippen molar-refractivity contribution in [2.24, 2.45) is 0 Å². The lowest BCUT2D eigenvalue weighted by Crippen LogP contribution is -2.06. The molecule has 2 aromatic rings. The Morgan fingerprint density at radius 2 is 2.00 bits per heavy atom. The second kappa shape index (κ2) is 6.00. The number of aryl methyl sites for hydroxylation is 1. The Labute approximate surface area is 125 Å². The number of nitrogens with zero attached hydrogens (tertiary/aromatic N) is 1. The van der Waals surface area contributed by atoms with E-state index in [0.717, 1.165) is 23.2 Å². The van der Waals surface area contributed by atoms with Gasteiger partial charge in [-0.15, -0.1) is 0 Å². The fourth-order valence-corrected chi connectivity index (χ4v) is 2.61. The van der Waals surface area contributed by atoms with E-state index >= 15 is 0 Å². The minimum atomic E-state index is 0.535. The Morgan fingerprint density at radius 1 is 1.22 bits per heavy atom. The van der Waals surface area contributed by atoms with Crippen LogP contribution in [0.1, 0.15) is 12.6 Å². The van der Waals surface area contributed by atoms with E-state index in [9.17, 15) is 0 Å². The number of benzene rings is 1. The van der Waals surface area contributed by atoms with Crippen LogP contribution in [0.2, 0.25) is 10.0 Å². The number of hydrogen-bond donors (Lipinski definition) is 1. The first kappa shape index (κ1) is 13.8. The first-order chi connectivity index (χ1) is 8.63. The van der Waals surface area contributed by atoms with E-state index in [2.05, 4.69) is 45.0 Å². The number of halogens is 3. The zero-order chi connectivity index (χ0) is 13.1. The number of nitrogens with one attached hydrogen (secondary N) is 1. The van der Waals surface area contributed by atoms with Crippen molar-refractivity contribution in [2.45, 2.75) is 20.0 Å². The first-order valence-corrected chi connectivity index (χ1v) is 7.19. The van der Waals surface area contributed by atoms with E-state index in [1.54, 1.807) is 0 Å². The van der Waals surface area contributed by atoms with Crippen LogP contribution < -0.4 is 5.32 Å². The summed E-state index contributed by atoms with van der Waals surface area (Å²) in [7, 11) is 0. The van der Waals surface area contributed by atoms with Gasteiger partial charge in [0.05, 0.1) is 22.3 Å². The zero-order valence-corrected chi connectivity index (χ0v) is 13.0. The highest BCUT2D eigenvalue weighted by atomic mass is 79.9. The Hall–Kier alpha value is -0.640. The smallest absolute Gasteiger partial charge is 0.0835 e. The lowest BCUT2D eigenvalue weighted by atomic mass is 10.3. The summed E-state index contributed by atoms with van der Waals surface area (Å²) in [4.78, 5) is 0. The van der Waals surface area contributed by atoms with E-state index in [0.29, 0.717) is 10.0 Å². The second-order valence-corrected chi connectivity index (χ2v) is 5.47. The van der Waals surface area contributed by atoms with Crippen LogP contribution in [0.4, 0.5) is 5.69 Å². The van der Waals surface area contributed by atoms with Crippen molar-refractivity contribution in [1.82, 2.24) is 4.57 Å². The van der Waals surface area contributed by atoms with Crippen molar-refractivity contribution in [1.29, 1.82) is 0 Å². The molecule has 0 saturated heterocycles. The molecule has 0 aliphatic carbocycles. The molecule has 2 rings (SSSR count). The van der Waals surface area contributed by atoms with E-state index in [-0.39, 0.29) is 0 Å². The number of aromatic nitrogens is 1. The molecule has 1 aromatic carbocycles. The predicted octanol–water partition coefficient (Wildman–Crippen LogP) is 5.19. The fraction of sp³-hybridized carbons (Fsp3) is 0.231. The van der Waals surface area contributed by atoms with Crippen molar-refractivity contribution >= 4 is 44.8 Å². The summed E-state index contributed by atoms with van der Waals surface area (Å²) in [5.74, 6) is 0. The minimum Gasteiger partial charge on any atom is -0.378 e. The van der Waals surface area contributed by atoms with Crippen molar-refractivity contribution in [3.8, 4) is 0 Å². The third kappa shape index (κ3) is 2.85. The van der Waals surface area contributed by atoms with Crippen LogP contribution in [-0.4, -0.2) is 4.57 Å². The standard InChI is InChI=1S/C13H13BrCl2N2/c1-2-18-7-3-4-9(18)8-17-11-6-5-10(14)12(15)13(11)16/h3-7,17H,2,8H2,1H3. The Morgan fingerprint density at radius 3 is 2.72 bits per heavy atom. The molecule has 5 heteroatoms. The molecule has 0 unspecified atom stereocenters. The van der Waals surface area contributed by atoms with Gasteiger partial charge in [0.25, 0.3) is 0 Å². The van der Waals surface area contributed by atoms with Gasteiger partial charge in [0, 0.05) is 22.9 Å². The summed E-state index contributed by atoms with van der Waals surface area (Å²) in [6.07, 6.45) is 2.06. The first-order valence-electron chi connectivity index (χ1n) is 5.65. The molecule has 0 radical (unpaired) electrons. The zero-order valence-electron chi connectivity index (χ0n) is 9.88. The molecule has 0 amide bonds. The monoisotopic (exact) mass is 346 g/mol. The molecule has 1 heterocycles. The van der Waals surface area contributed by atoms with Gasteiger partial charge in [-0.25, -0.2) is 0 Å². The maximum Gasteiger partial charge on any atom is 0.0835 e. The van der Waals surface area contributed by atoms with Crippen molar-refractivity contribution in [3.05, 3.63) is 50.7 Å². The van der Waals surface area contributed by atoms with Crippen LogP contribution in [0.25, 0.3) is 0 Å². The Balaban J connectivity index is 2.14. The van der Waals surface area contributed by atoms with Crippen LogP contribution in [0.15, 0.2) is 34.9 Å². The molecule has 1 N–H and O–H groups in total. The molecule has 18 heavy (non-hydrogen) atoms. The number of rotatable bonds is 4. The van der Waals surface area contributed by atoms with E-state index in [4.69, 9.17) is 23.2 Å². The number of anilines is 1. The van der Waals surface area contributed by atoms with Gasteiger partial charge in [-0.2, -0.15) is 0 Å². The second-order valence-electron chi connectivity index (χ2n) is 3.86. The molecule has 0 bridgehead atoms. The van der Waals surface area contributed by atoms with Crippen LogP contribution in [0, 0.1) is 0 Å². The van der Waals surface area contributed by atoms with Gasteiger partial charge < -0.3 is 9.88 Å². The van der Waals surface area contributed by atoms with Crippen LogP contribution in [-0.2, 0) is 13.1 Å². The molecular formula is C13H13BrCl2N2. The van der Waals surface area contributed by atoms with E-state index < -0.39 is 0 Å². The molecule has 96 valence electrons. The SMILES string of the molecule is CCn1cccc1CNc1ccc(Br)c(Cl)c1Cl. The summed E-state index contributed by atoms with van der Waals surface area (Å²) in [5, 5.41) is 4.38. The molecule has 0 fully saturated rings. The third-order valence-corrected chi connectivity index (χ3v) is 4.53. The highest BCUT2D eigenvalue weighted by Gasteiger charge is 2.08. The Bertz CT molecular complexity index is 552. The molecule has 0 saturated carbocycles. The summed E-state index contributed by atoms with van der Waals surface area (Å²) in [6.45, 7) is 3.80. The van der Waals surface area contributed by atoms with Crippen LogP contribution in [0.3, 0.4) is 0 Å². The maximum absolute atomic E-state index is 6.18. The topological polar surface area (TPSA) is 17.0 Å². The highest BCUT2D eigenvalue weighted by Crippen LogP contribution is 2.35. The number of hydrogen-bond acceptors (Lipinski definition) is 1. The van der Waals surface area contributed by atoms with Gasteiger partial charge in [-0.3, -0.25) is 0 Å². The van der Waals surface area contributed by atoms with Crippen LogP contribution >= 0.6 is 39.1 Å². The summed E-state index contributed by atoms with van der Waals surface area (Å²) < 4.78 is 2.98. The predicted molar refractivity (Wildman–Crippen MR) is 81.6 cm³/mol. The van der Waals surface area contributed by atoms with Gasteiger partial charge in [-0.05, 0) is 47.1 Å². The van der Waals surface area contributed by atoms with E-state index in [1.165, 1.54) is 5.69 Å². The minimum absolute atomic E-state index is 0.535. The summed E-state index contributed by atoms with van der Waals surface area (Å²) in [6, 6.07) is 7.93. The lowest BCUT2D eigenvalue weighted by Gasteiger charge is -2.12. The normalized spacial score (nSPS) is 10.7. The van der Waals surface area contributed by atoms with Gasteiger partial charge in [-0.1, -0.05) is 23.2 Å². The molecule has 2 nitrogen and oxygen atoms in total. The largest absolute Gasteiger partial charge is 0.378 e. The molecule has 0 aliphatic heterocycles. The highest BCUT2D eigenvalue weighted by molar-refractivity contribution is 9.10. The quantitative estimate of drug-likeness (QED) is 0.753. The summed E-state index contributed by atoms with van der Waals surface area (Å²) in [5.41, 5.74) is 2.06. The molecule has 1 aromatic heterocycles. The maximum atomic E-state index is 6.18. The van der Waals surface area contributed by atoms with Crippen molar-refractivity contribution in [3.63, 3.8) is 0 Å². The van der Waals surface area contributed by atoms with Gasteiger partial charge in [0.2, 0.25) is 0 Å². The average molecular weight is 348 g/mol. The fourth-order valence-electron chi connectivity index (χ4n) is 1.77. The van der Waals surface area contributed by atoms with Gasteiger partial charge in [0.1, 0.15) is 0 Å². The summed E-state index contributed by atoms with van der Waals surface area (Å²) >= 11 is 15.6. The molecule has 0 aliphatic rings.